The molecule has 2 aromatic carbocycles. The third-order valence-corrected chi connectivity index (χ3v) is 5.46. The van der Waals surface area contributed by atoms with Crippen molar-refractivity contribution < 1.29 is 23.2 Å². The van der Waals surface area contributed by atoms with Crippen molar-refractivity contribution in [3.8, 4) is 0 Å². The molecule has 156 valence electrons. The summed E-state index contributed by atoms with van der Waals surface area (Å²) in [5.41, 5.74) is 1.62. The van der Waals surface area contributed by atoms with E-state index in [1.165, 1.54) is 11.0 Å². The van der Waals surface area contributed by atoms with Crippen LogP contribution < -0.4 is 15.1 Å². The van der Waals surface area contributed by atoms with Crippen LogP contribution in [0.15, 0.2) is 42.5 Å². The van der Waals surface area contributed by atoms with Gasteiger partial charge in [0.2, 0.25) is 17.7 Å². The maximum absolute atomic E-state index is 14.0. The second-order valence-corrected chi connectivity index (χ2v) is 7.54. The lowest BCUT2D eigenvalue weighted by atomic mass is 10.1. The molecule has 2 aliphatic heterocycles. The van der Waals surface area contributed by atoms with Crippen molar-refractivity contribution in [3.63, 3.8) is 0 Å². The van der Waals surface area contributed by atoms with Crippen LogP contribution in [0.5, 0.6) is 0 Å². The van der Waals surface area contributed by atoms with Gasteiger partial charge >= 0.3 is 0 Å². The molecule has 4 rings (SSSR count). The van der Waals surface area contributed by atoms with Gasteiger partial charge < -0.3 is 15.1 Å². The monoisotopic (exact) mass is 413 g/mol. The molecule has 8 heteroatoms. The van der Waals surface area contributed by atoms with Crippen molar-refractivity contribution in [1.29, 1.82) is 0 Å². The number of benzene rings is 2. The lowest BCUT2D eigenvalue weighted by Gasteiger charge is -2.18. The van der Waals surface area contributed by atoms with Crippen molar-refractivity contribution in [3.05, 3.63) is 59.7 Å². The highest BCUT2D eigenvalue weighted by molar-refractivity contribution is 6.00. The van der Waals surface area contributed by atoms with Gasteiger partial charge in [-0.15, -0.1) is 0 Å². The second kappa shape index (κ2) is 8.22. The molecule has 3 amide bonds. The van der Waals surface area contributed by atoms with E-state index in [0.717, 1.165) is 23.7 Å². The van der Waals surface area contributed by atoms with Gasteiger partial charge in [-0.2, -0.15) is 0 Å². The molecule has 1 unspecified atom stereocenters. The molecule has 0 spiro atoms. The number of carbonyl (C=O) groups is 3. The van der Waals surface area contributed by atoms with Gasteiger partial charge in [0, 0.05) is 44.2 Å². The zero-order valence-corrected chi connectivity index (χ0v) is 16.2. The number of hydrogen-bond acceptors (Lipinski definition) is 3. The maximum atomic E-state index is 14.0. The standard InChI is InChI=1S/C22H21F2N3O3/c23-16-6-7-19(18(24)11-16)27-13-15(10-21(27)29)22(30)25-12-14-3-1-4-17(9-14)26-8-2-5-20(26)28/h1,3-4,6-7,9,11,15H,2,5,8,10,12-13H2,(H,25,30). The van der Waals surface area contributed by atoms with Crippen molar-refractivity contribution in [2.75, 3.05) is 22.9 Å². The molecule has 2 fully saturated rings. The lowest BCUT2D eigenvalue weighted by molar-refractivity contribution is -0.126. The first-order valence-electron chi connectivity index (χ1n) is 9.85. The van der Waals surface area contributed by atoms with Crippen molar-refractivity contribution in [2.45, 2.75) is 25.8 Å². The predicted molar refractivity (Wildman–Crippen MR) is 107 cm³/mol. The first kappa shape index (κ1) is 20.0. The molecule has 2 aliphatic rings. The van der Waals surface area contributed by atoms with Gasteiger partial charge in [-0.1, -0.05) is 12.1 Å². The summed E-state index contributed by atoms with van der Waals surface area (Å²) in [6.07, 6.45) is 1.34. The minimum Gasteiger partial charge on any atom is -0.352 e. The highest BCUT2D eigenvalue weighted by Gasteiger charge is 2.36. The Morgan fingerprint density at radius 2 is 1.90 bits per heavy atom. The number of nitrogens with zero attached hydrogens (tertiary/aromatic N) is 2. The first-order chi connectivity index (χ1) is 14.4. The Hall–Kier alpha value is -3.29. The van der Waals surface area contributed by atoms with Gasteiger partial charge in [-0.3, -0.25) is 14.4 Å². The summed E-state index contributed by atoms with van der Waals surface area (Å²) in [5, 5.41) is 2.81. The Morgan fingerprint density at radius 3 is 2.63 bits per heavy atom. The number of anilines is 2. The molecule has 2 aromatic rings. The Morgan fingerprint density at radius 1 is 1.07 bits per heavy atom. The summed E-state index contributed by atoms with van der Waals surface area (Å²) in [6.45, 7) is 0.981. The van der Waals surface area contributed by atoms with Gasteiger partial charge in [-0.05, 0) is 36.2 Å². The number of nitrogens with one attached hydrogen (secondary N) is 1. The quantitative estimate of drug-likeness (QED) is 0.820. The Labute approximate surface area is 172 Å². The SMILES string of the molecule is O=C(NCc1cccc(N2CCCC2=O)c1)C1CC(=O)N(c2ccc(F)cc2F)C1. The van der Waals surface area contributed by atoms with Crippen LogP contribution >= 0.6 is 0 Å². The van der Waals surface area contributed by atoms with Crippen LogP contribution in [-0.2, 0) is 20.9 Å². The van der Waals surface area contributed by atoms with Crippen LogP contribution in [0.25, 0.3) is 0 Å². The Kier molecular flexibility index (Phi) is 5.48. The van der Waals surface area contributed by atoms with Gasteiger partial charge in [0.25, 0.3) is 0 Å². The van der Waals surface area contributed by atoms with Crippen molar-refractivity contribution in [1.82, 2.24) is 5.32 Å². The largest absolute Gasteiger partial charge is 0.352 e. The van der Waals surface area contributed by atoms with E-state index >= 15 is 0 Å². The zero-order chi connectivity index (χ0) is 21.3. The van der Waals surface area contributed by atoms with E-state index in [0.29, 0.717) is 19.0 Å². The molecule has 0 bridgehead atoms. The summed E-state index contributed by atoms with van der Waals surface area (Å²) in [4.78, 5) is 39.7. The van der Waals surface area contributed by atoms with Crippen LogP contribution in [-0.4, -0.2) is 30.8 Å². The van der Waals surface area contributed by atoms with Crippen LogP contribution in [0.4, 0.5) is 20.2 Å². The van der Waals surface area contributed by atoms with Crippen molar-refractivity contribution >= 4 is 29.1 Å². The topological polar surface area (TPSA) is 69.7 Å². The van der Waals surface area contributed by atoms with Crippen LogP contribution in [0, 0.1) is 17.6 Å². The summed E-state index contributed by atoms with van der Waals surface area (Å²) < 4.78 is 27.1. The number of amides is 3. The van der Waals surface area contributed by atoms with Crippen molar-refractivity contribution in [2.24, 2.45) is 5.92 Å². The normalized spacial score (nSPS) is 18.9. The third kappa shape index (κ3) is 4.03. The molecule has 2 saturated heterocycles. The van der Waals surface area contributed by atoms with Gasteiger partial charge in [0.05, 0.1) is 11.6 Å². The summed E-state index contributed by atoms with van der Waals surface area (Å²) >= 11 is 0. The van der Waals surface area contributed by atoms with Crippen LogP contribution in [0.3, 0.4) is 0 Å². The molecule has 30 heavy (non-hydrogen) atoms. The van der Waals surface area contributed by atoms with E-state index in [1.54, 1.807) is 4.90 Å². The Balaban J connectivity index is 1.38. The van der Waals surface area contributed by atoms with Gasteiger partial charge in [0.1, 0.15) is 11.6 Å². The number of halogens is 2. The minimum absolute atomic E-state index is 0.0281. The van der Waals surface area contributed by atoms with E-state index in [9.17, 15) is 23.2 Å². The highest BCUT2D eigenvalue weighted by Crippen LogP contribution is 2.28. The van der Waals surface area contributed by atoms with E-state index in [1.807, 2.05) is 24.3 Å². The summed E-state index contributed by atoms with van der Waals surface area (Å²) in [6, 6.07) is 10.4. The molecule has 1 N–H and O–H groups in total. The number of hydrogen-bond donors (Lipinski definition) is 1. The van der Waals surface area contributed by atoms with Gasteiger partial charge in [0.15, 0.2) is 0 Å². The third-order valence-electron chi connectivity index (χ3n) is 5.46. The van der Waals surface area contributed by atoms with Gasteiger partial charge in [-0.25, -0.2) is 8.78 Å². The fourth-order valence-corrected chi connectivity index (χ4v) is 3.91. The van der Waals surface area contributed by atoms with E-state index in [2.05, 4.69) is 5.32 Å². The average Bonchev–Trinajstić information content (AvgIpc) is 3.32. The molecule has 0 aliphatic carbocycles. The second-order valence-electron chi connectivity index (χ2n) is 7.54. The average molecular weight is 413 g/mol. The molecule has 1 atom stereocenters. The van der Waals surface area contributed by atoms with Crippen LogP contribution in [0.2, 0.25) is 0 Å². The molecular formula is C22H21F2N3O3. The fraction of sp³-hybridized carbons (Fsp3) is 0.318. The van der Waals surface area contributed by atoms with E-state index in [4.69, 9.17) is 0 Å². The molecule has 0 radical (unpaired) electrons. The predicted octanol–water partition coefficient (Wildman–Crippen LogP) is 2.76. The minimum atomic E-state index is -0.835. The van der Waals surface area contributed by atoms with E-state index in [-0.39, 0.29) is 42.9 Å². The zero-order valence-electron chi connectivity index (χ0n) is 16.2. The smallest absolute Gasteiger partial charge is 0.227 e. The number of rotatable bonds is 5. The molecule has 0 saturated carbocycles. The molecule has 0 aromatic heterocycles. The highest BCUT2D eigenvalue weighted by atomic mass is 19.1. The molecular weight excluding hydrogens is 392 g/mol. The maximum Gasteiger partial charge on any atom is 0.227 e. The number of carbonyl (C=O) groups excluding carboxylic acids is 3. The first-order valence-corrected chi connectivity index (χ1v) is 9.85. The van der Waals surface area contributed by atoms with Crippen LogP contribution in [0.1, 0.15) is 24.8 Å². The fourth-order valence-electron chi connectivity index (χ4n) is 3.91. The summed E-state index contributed by atoms with van der Waals surface area (Å²) in [5.74, 6) is -2.78. The lowest BCUT2D eigenvalue weighted by Crippen LogP contribution is -2.33. The molecule has 6 nitrogen and oxygen atoms in total. The summed E-state index contributed by atoms with van der Waals surface area (Å²) in [7, 11) is 0. The molecule has 2 heterocycles. The van der Waals surface area contributed by atoms with E-state index < -0.39 is 17.6 Å². The Bertz CT molecular complexity index is 1010.